The minimum absolute atomic E-state index is 0. The van der Waals surface area contributed by atoms with Crippen LogP contribution >= 0.6 is 11.6 Å². The summed E-state index contributed by atoms with van der Waals surface area (Å²) in [4.78, 5) is 11.3. The summed E-state index contributed by atoms with van der Waals surface area (Å²) in [5.74, 6) is -0.124. The van der Waals surface area contributed by atoms with Crippen molar-refractivity contribution >= 4 is 17.6 Å². The maximum absolute atomic E-state index is 11.3. The molecule has 0 bridgehead atoms. The summed E-state index contributed by atoms with van der Waals surface area (Å²) in [5, 5.41) is 10.6. The molecule has 0 atom stereocenters. The van der Waals surface area contributed by atoms with E-state index in [1.165, 1.54) is 19.4 Å². The number of esters is 1. The van der Waals surface area contributed by atoms with Gasteiger partial charge >= 0.3 is 57.4 Å². The number of benzene rings is 1. The van der Waals surface area contributed by atoms with Gasteiger partial charge in [-0.05, 0) is 18.2 Å². The molecule has 0 aromatic heterocycles. The van der Waals surface area contributed by atoms with E-state index in [0.717, 1.165) is 0 Å². The quantitative estimate of drug-likeness (QED) is 0.439. The zero-order valence-corrected chi connectivity index (χ0v) is 16.4. The van der Waals surface area contributed by atoms with E-state index in [2.05, 4.69) is 11.3 Å². The Morgan fingerprint density at radius 3 is 2.30 bits per heavy atom. The van der Waals surface area contributed by atoms with E-state index < -0.39 is 11.6 Å². The third-order valence-electron chi connectivity index (χ3n) is 1.56. The molecule has 0 aliphatic carbocycles. The Labute approximate surface area is 167 Å². The summed E-state index contributed by atoms with van der Waals surface area (Å²) in [6.07, 6.45) is 1.23. The van der Waals surface area contributed by atoms with Crippen molar-refractivity contribution in [3.63, 3.8) is 0 Å². The van der Waals surface area contributed by atoms with Crippen molar-refractivity contribution in [3.8, 4) is 5.75 Å². The molecule has 1 rings (SSSR count). The van der Waals surface area contributed by atoms with Crippen LogP contribution in [0.1, 0.15) is 31.1 Å². The van der Waals surface area contributed by atoms with E-state index in [9.17, 15) is 9.90 Å². The zero-order valence-electron chi connectivity index (χ0n) is 12.5. The SMILES string of the molecule is C=COc1ccc(Cl)cc1C(=O)OC.CC(C)(C)[O-].[K+]. The topological polar surface area (TPSA) is 58.6 Å². The van der Waals surface area contributed by atoms with Crippen LogP contribution in [0.2, 0.25) is 5.02 Å². The predicted octanol–water partition coefficient (Wildman–Crippen LogP) is -0.202. The number of rotatable bonds is 3. The third-order valence-corrected chi connectivity index (χ3v) is 1.79. The maximum atomic E-state index is 11.3. The van der Waals surface area contributed by atoms with Crippen molar-refractivity contribution in [3.05, 3.63) is 41.6 Å². The molecule has 0 aliphatic heterocycles. The summed E-state index contributed by atoms with van der Waals surface area (Å²) >= 11 is 5.73. The van der Waals surface area contributed by atoms with Crippen molar-refractivity contribution in [2.24, 2.45) is 0 Å². The first-order chi connectivity index (χ1) is 8.69. The van der Waals surface area contributed by atoms with Gasteiger partial charge in [0.25, 0.3) is 0 Å². The molecule has 0 heterocycles. The van der Waals surface area contributed by atoms with Gasteiger partial charge in [0, 0.05) is 5.02 Å². The largest absolute Gasteiger partial charge is 1.00 e. The molecular weight excluding hydrogens is 307 g/mol. The van der Waals surface area contributed by atoms with Crippen LogP contribution in [0.3, 0.4) is 0 Å². The van der Waals surface area contributed by atoms with Crippen molar-refractivity contribution in [2.45, 2.75) is 26.4 Å². The molecule has 0 aliphatic rings. The van der Waals surface area contributed by atoms with Gasteiger partial charge in [0.2, 0.25) is 0 Å². The summed E-state index contributed by atoms with van der Waals surface area (Å²) in [6.45, 7) is 8.29. The molecule has 1 aromatic carbocycles. The molecule has 0 radical (unpaired) electrons. The number of ether oxygens (including phenoxy) is 2. The van der Waals surface area contributed by atoms with Gasteiger partial charge in [0.15, 0.2) is 0 Å². The Hall–Kier alpha value is 0.116. The van der Waals surface area contributed by atoms with Crippen molar-refractivity contribution in [2.75, 3.05) is 7.11 Å². The van der Waals surface area contributed by atoms with Crippen LogP contribution in [0.25, 0.3) is 0 Å². The molecule has 0 N–H and O–H groups in total. The Kier molecular flexibility index (Phi) is 12.1. The van der Waals surface area contributed by atoms with E-state index in [4.69, 9.17) is 16.3 Å². The summed E-state index contributed by atoms with van der Waals surface area (Å²) < 4.78 is 9.59. The van der Waals surface area contributed by atoms with E-state index in [0.29, 0.717) is 10.8 Å². The van der Waals surface area contributed by atoms with Crippen LogP contribution in [0, 0.1) is 0 Å². The fourth-order valence-electron chi connectivity index (χ4n) is 0.964. The van der Waals surface area contributed by atoms with Crippen LogP contribution in [0.15, 0.2) is 31.0 Å². The van der Waals surface area contributed by atoms with Crippen LogP contribution in [0.4, 0.5) is 0 Å². The molecule has 0 saturated heterocycles. The van der Waals surface area contributed by atoms with E-state index in [1.807, 2.05) is 0 Å². The molecule has 4 nitrogen and oxygen atoms in total. The standard InChI is InChI=1S/C10H9ClO3.C4H9O.K/c1-3-14-9-5-4-7(11)6-8(9)10(12)13-2;1-4(2,3)5;/h3-6H,1H2,2H3;1-3H3;/q;-1;+1. The Bertz CT molecular complexity index is 435. The van der Waals surface area contributed by atoms with Crippen molar-refractivity contribution < 1.29 is 70.8 Å². The molecule has 0 unspecified atom stereocenters. The van der Waals surface area contributed by atoms with Crippen LogP contribution < -0.4 is 61.2 Å². The van der Waals surface area contributed by atoms with Gasteiger partial charge in [0.1, 0.15) is 11.3 Å². The summed E-state index contributed by atoms with van der Waals surface area (Å²) in [7, 11) is 1.29. The number of hydrogen-bond donors (Lipinski definition) is 0. The molecule has 0 spiro atoms. The monoisotopic (exact) mass is 324 g/mol. The first kappa shape index (κ1) is 22.4. The molecular formula is C14H18ClKO4. The molecule has 0 saturated carbocycles. The van der Waals surface area contributed by atoms with Gasteiger partial charge in [-0.1, -0.05) is 39.0 Å². The second-order valence-electron chi connectivity index (χ2n) is 4.53. The smallest absolute Gasteiger partial charge is 0.850 e. The average Bonchev–Trinajstić information content (AvgIpc) is 2.28. The average molecular weight is 325 g/mol. The third kappa shape index (κ3) is 10.9. The molecule has 0 fully saturated rings. The second kappa shape index (κ2) is 10.8. The number of halogens is 1. The molecule has 0 amide bonds. The number of methoxy groups -OCH3 is 1. The van der Waals surface area contributed by atoms with E-state index in [1.54, 1.807) is 32.9 Å². The van der Waals surface area contributed by atoms with Gasteiger partial charge in [-0.2, -0.15) is 0 Å². The molecule has 20 heavy (non-hydrogen) atoms. The number of carbonyl (C=O) groups is 1. The predicted molar refractivity (Wildman–Crippen MR) is 73.4 cm³/mol. The zero-order chi connectivity index (χ0) is 15.1. The van der Waals surface area contributed by atoms with E-state index in [-0.39, 0.29) is 56.9 Å². The first-order valence-electron chi connectivity index (χ1n) is 5.55. The normalized spacial score (nSPS) is 9.50. The van der Waals surface area contributed by atoms with Crippen LogP contribution in [-0.2, 0) is 4.74 Å². The Morgan fingerprint density at radius 2 is 1.90 bits per heavy atom. The molecule has 6 heteroatoms. The number of carbonyl (C=O) groups excluding carboxylic acids is 1. The minimum atomic E-state index is -0.750. The van der Waals surface area contributed by atoms with Crippen LogP contribution in [-0.4, -0.2) is 18.7 Å². The second-order valence-corrected chi connectivity index (χ2v) is 4.97. The first-order valence-corrected chi connectivity index (χ1v) is 5.92. The van der Waals surface area contributed by atoms with Gasteiger partial charge in [0.05, 0.1) is 13.4 Å². The van der Waals surface area contributed by atoms with Gasteiger partial charge < -0.3 is 14.6 Å². The summed E-state index contributed by atoms with van der Waals surface area (Å²) in [6, 6.07) is 4.68. The van der Waals surface area contributed by atoms with Crippen LogP contribution in [0.5, 0.6) is 5.75 Å². The fraction of sp³-hybridized carbons (Fsp3) is 0.357. The minimum Gasteiger partial charge on any atom is -0.850 e. The summed E-state index contributed by atoms with van der Waals surface area (Å²) in [5.41, 5.74) is -0.472. The maximum Gasteiger partial charge on any atom is 1.00 e. The Balaban J connectivity index is 0. The van der Waals surface area contributed by atoms with Gasteiger partial charge in [-0.25, -0.2) is 4.79 Å². The van der Waals surface area contributed by atoms with Gasteiger partial charge in [-0.3, -0.25) is 0 Å². The van der Waals surface area contributed by atoms with Crippen molar-refractivity contribution in [1.82, 2.24) is 0 Å². The van der Waals surface area contributed by atoms with Crippen molar-refractivity contribution in [1.29, 1.82) is 0 Å². The van der Waals surface area contributed by atoms with E-state index >= 15 is 0 Å². The Morgan fingerprint density at radius 1 is 1.40 bits per heavy atom. The van der Waals surface area contributed by atoms with Gasteiger partial charge in [-0.15, -0.1) is 5.60 Å². The fourth-order valence-corrected chi connectivity index (χ4v) is 1.14. The molecule has 106 valence electrons. The number of hydrogen-bond acceptors (Lipinski definition) is 4. The molecule has 1 aromatic rings.